The molecule has 3 N–H and O–H groups in total. The van der Waals surface area contributed by atoms with Crippen LogP contribution in [0.25, 0.3) is 0 Å². The maximum absolute atomic E-state index is 10.5. The Balaban J connectivity index is 0.00000121. The van der Waals surface area contributed by atoms with E-state index in [0.717, 1.165) is 37.3 Å². The minimum atomic E-state index is -0.0640. The summed E-state index contributed by atoms with van der Waals surface area (Å²) in [5.74, 6) is 0.873. The number of halogens is 2. The number of aryl methyl sites for hydroxylation is 1. The minimum absolute atomic E-state index is 0. The van der Waals surface area contributed by atoms with E-state index in [-0.39, 0.29) is 43.2 Å². The summed E-state index contributed by atoms with van der Waals surface area (Å²) in [6.45, 7) is 5.72. The summed E-state index contributed by atoms with van der Waals surface area (Å²) in [7, 11) is 0. The number of nitrogens with one attached hydrogen (secondary N) is 1. The van der Waals surface area contributed by atoms with Crippen molar-refractivity contribution in [3.8, 4) is 5.75 Å². The third kappa shape index (κ3) is 3.84. The van der Waals surface area contributed by atoms with Gasteiger partial charge in [-0.15, -0.1) is 24.8 Å². The summed E-state index contributed by atoms with van der Waals surface area (Å²) in [5, 5.41) is 23.4. The molecule has 1 saturated carbocycles. The van der Waals surface area contributed by atoms with Crippen LogP contribution in [-0.2, 0) is 6.61 Å². The minimum Gasteiger partial charge on any atom is -0.506 e. The molecule has 2 fully saturated rings. The first-order valence-electron chi connectivity index (χ1n) is 7.45. The Labute approximate surface area is 143 Å². The van der Waals surface area contributed by atoms with Crippen LogP contribution in [0.4, 0.5) is 0 Å². The normalized spacial score (nSPS) is 19.9. The van der Waals surface area contributed by atoms with Gasteiger partial charge in [0.2, 0.25) is 0 Å². The lowest BCUT2D eigenvalue weighted by Crippen LogP contribution is -2.46. The Bertz CT molecular complexity index is 492. The van der Waals surface area contributed by atoms with Gasteiger partial charge in [0.05, 0.1) is 12.3 Å². The van der Waals surface area contributed by atoms with E-state index in [2.05, 4.69) is 15.2 Å². The molecule has 1 atom stereocenters. The van der Waals surface area contributed by atoms with Gasteiger partial charge in [-0.05, 0) is 25.7 Å². The highest BCUT2D eigenvalue weighted by atomic mass is 35.5. The third-order valence-electron chi connectivity index (χ3n) is 4.44. The Hall–Kier alpha value is -0.590. The molecule has 7 heteroatoms. The zero-order valence-corrected chi connectivity index (χ0v) is 14.4. The largest absolute Gasteiger partial charge is 0.506 e. The van der Waals surface area contributed by atoms with Crippen LogP contribution in [0.15, 0.2) is 6.20 Å². The predicted octanol–water partition coefficient (Wildman–Crippen LogP) is 1.79. The molecule has 1 saturated heterocycles. The average Bonchev–Trinajstić information content (AvgIpc) is 3.30. The Morgan fingerprint density at radius 1 is 1.32 bits per heavy atom. The molecule has 2 heterocycles. The van der Waals surface area contributed by atoms with E-state index in [9.17, 15) is 10.2 Å². The second-order valence-electron chi connectivity index (χ2n) is 5.86. The molecule has 1 aromatic heterocycles. The molecule has 1 aromatic rings. The number of piperazine rings is 1. The van der Waals surface area contributed by atoms with Gasteiger partial charge in [-0.1, -0.05) is 0 Å². The lowest BCUT2D eigenvalue weighted by molar-refractivity contribution is 0.150. The number of pyridine rings is 1. The van der Waals surface area contributed by atoms with Crippen LogP contribution in [0.1, 0.15) is 35.7 Å². The molecular formula is C15H25Cl2N3O2. The lowest BCUT2D eigenvalue weighted by atomic mass is 9.94. The first kappa shape index (κ1) is 19.5. The van der Waals surface area contributed by atoms with E-state index in [1.54, 1.807) is 6.20 Å². The fourth-order valence-electron chi connectivity index (χ4n) is 3.20. The maximum Gasteiger partial charge on any atom is 0.141 e. The van der Waals surface area contributed by atoms with Crippen molar-refractivity contribution in [2.45, 2.75) is 32.4 Å². The van der Waals surface area contributed by atoms with Crippen LogP contribution in [0.3, 0.4) is 0 Å². The number of aliphatic hydroxyl groups is 1. The first-order valence-corrected chi connectivity index (χ1v) is 7.45. The van der Waals surface area contributed by atoms with Crippen molar-refractivity contribution in [1.29, 1.82) is 0 Å². The standard InChI is InChI=1S/C15H23N3O2.2ClH/c1-10-15(20)13(12(9-19)8-17-10)14(11-2-3-11)18-6-4-16-5-7-18;;/h8,11,14,16,19-20H,2-7,9H2,1H3;2*1H/t14-;;/m1../s1. The monoisotopic (exact) mass is 349 g/mol. The molecule has 22 heavy (non-hydrogen) atoms. The third-order valence-corrected chi connectivity index (χ3v) is 4.44. The molecule has 3 rings (SSSR count). The molecule has 0 amide bonds. The highest BCUT2D eigenvalue weighted by Crippen LogP contribution is 2.48. The van der Waals surface area contributed by atoms with Gasteiger partial charge in [-0.3, -0.25) is 9.88 Å². The molecule has 126 valence electrons. The van der Waals surface area contributed by atoms with E-state index >= 15 is 0 Å². The van der Waals surface area contributed by atoms with Crippen molar-refractivity contribution in [3.63, 3.8) is 0 Å². The zero-order valence-electron chi connectivity index (χ0n) is 12.8. The van der Waals surface area contributed by atoms with Gasteiger partial charge in [0.25, 0.3) is 0 Å². The topological polar surface area (TPSA) is 68.6 Å². The van der Waals surface area contributed by atoms with Crippen LogP contribution in [0.2, 0.25) is 0 Å². The Morgan fingerprint density at radius 3 is 2.50 bits per heavy atom. The van der Waals surface area contributed by atoms with E-state index in [1.165, 1.54) is 12.8 Å². The van der Waals surface area contributed by atoms with Gasteiger partial charge in [0, 0.05) is 49.5 Å². The molecule has 0 aromatic carbocycles. The van der Waals surface area contributed by atoms with Crippen LogP contribution < -0.4 is 5.32 Å². The molecule has 5 nitrogen and oxygen atoms in total. The van der Waals surface area contributed by atoms with Gasteiger partial charge >= 0.3 is 0 Å². The number of rotatable bonds is 4. The van der Waals surface area contributed by atoms with Crippen molar-refractivity contribution in [2.24, 2.45) is 5.92 Å². The van der Waals surface area contributed by atoms with E-state index in [1.807, 2.05) is 6.92 Å². The second-order valence-corrected chi connectivity index (χ2v) is 5.86. The molecule has 0 unspecified atom stereocenters. The highest BCUT2D eigenvalue weighted by Gasteiger charge is 2.39. The molecular weight excluding hydrogens is 325 g/mol. The number of aromatic hydroxyl groups is 1. The van der Waals surface area contributed by atoms with E-state index in [0.29, 0.717) is 11.6 Å². The van der Waals surface area contributed by atoms with Gasteiger partial charge in [0.15, 0.2) is 0 Å². The van der Waals surface area contributed by atoms with Gasteiger partial charge in [0.1, 0.15) is 5.75 Å². The molecule has 0 bridgehead atoms. The summed E-state index contributed by atoms with van der Waals surface area (Å²) in [6, 6.07) is 0.223. The lowest BCUT2D eigenvalue weighted by Gasteiger charge is -2.36. The first-order chi connectivity index (χ1) is 9.72. The van der Waals surface area contributed by atoms with E-state index < -0.39 is 0 Å². The second kappa shape index (κ2) is 8.31. The summed E-state index contributed by atoms with van der Waals surface area (Å²) in [6.07, 6.45) is 4.13. The fourth-order valence-corrected chi connectivity index (χ4v) is 3.20. The molecule has 1 aliphatic carbocycles. The summed E-state index contributed by atoms with van der Waals surface area (Å²) in [5.41, 5.74) is 2.32. The SMILES string of the molecule is Cc1ncc(CO)c([C@@H](C2CC2)N2CCNCC2)c1O.Cl.Cl. The molecule has 2 aliphatic rings. The van der Waals surface area contributed by atoms with Gasteiger partial charge in [-0.2, -0.15) is 0 Å². The van der Waals surface area contributed by atoms with Crippen LogP contribution >= 0.6 is 24.8 Å². The fraction of sp³-hybridized carbons (Fsp3) is 0.667. The van der Waals surface area contributed by atoms with Gasteiger partial charge < -0.3 is 15.5 Å². The van der Waals surface area contributed by atoms with Crippen molar-refractivity contribution in [1.82, 2.24) is 15.2 Å². The summed E-state index contributed by atoms with van der Waals surface area (Å²) in [4.78, 5) is 6.62. The highest BCUT2D eigenvalue weighted by molar-refractivity contribution is 5.85. The smallest absolute Gasteiger partial charge is 0.141 e. The van der Waals surface area contributed by atoms with Crippen LogP contribution in [-0.4, -0.2) is 46.3 Å². The number of aromatic nitrogens is 1. The van der Waals surface area contributed by atoms with Crippen molar-refractivity contribution >= 4 is 24.8 Å². The summed E-state index contributed by atoms with van der Waals surface area (Å²) < 4.78 is 0. The zero-order chi connectivity index (χ0) is 14.1. The molecule has 0 radical (unpaired) electrons. The average molecular weight is 350 g/mol. The van der Waals surface area contributed by atoms with E-state index in [4.69, 9.17) is 0 Å². The number of hydrogen-bond acceptors (Lipinski definition) is 5. The van der Waals surface area contributed by atoms with Crippen molar-refractivity contribution in [3.05, 3.63) is 23.0 Å². The van der Waals surface area contributed by atoms with Crippen molar-refractivity contribution in [2.75, 3.05) is 26.2 Å². The molecule has 0 spiro atoms. The number of hydrogen-bond donors (Lipinski definition) is 3. The van der Waals surface area contributed by atoms with Crippen LogP contribution in [0, 0.1) is 12.8 Å². The Morgan fingerprint density at radius 2 is 1.95 bits per heavy atom. The van der Waals surface area contributed by atoms with Crippen LogP contribution in [0.5, 0.6) is 5.75 Å². The van der Waals surface area contributed by atoms with Gasteiger partial charge in [-0.25, -0.2) is 0 Å². The predicted molar refractivity (Wildman–Crippen MR) is 91.0 cm³/mol. The number of nitrogens with zero attached hydrogens (tertiary/aromatic N) is 2. The quantitative estimate of drug-likeness (QED) is 0.773. The van der Waals surface area contributed by atoms with Crippen molar-refractivity contribution < 1.29 is 10.2 Å². The maximum atomic E-state index is 10.5. The number of aliphatic hydroxyl groups excluding tert-OH is 1. The summed E-state index contributed by atoms with van der Waals surface area (Å²) >= 11 is 0. The Kier molecular flexibility index (Phi) is 7.35. The molecule has 1 aliphatic heterocycles.